The molecule has 2 fully saturated rings. The number of nitrogens with one attached hydrogen (secondary N) is 2. The zero-order chi connectivity index (χ0) is 19.8. The summed E-state index contributed by atoms with van der Waals surface area (Å²) in [6, 6.07) is 0.440. The fourth-order valence-corrected chi connectivity index (χ4v) is 4.16. The SMILES string of the molecule is CCNC(=NCc1nc(C(C)OCC)no1)NC1CCN(CC2CCCC2)C1. The van der Waals surface area contributed by atoms with E-state index in [2.05, 4.69) is 37.6 Å². The Bertz CT molecular complexity index is 614. The molecule has 1 aromatic heterocycles. The van der Waals surface area contributed by atoms with Crippen LogP contribution >= 0.6 is 0 Å². The number of ether oxygens (including phenoxy) is 1. The third-order valence-electron chi connectivity index (χ3n) is 5.59. The molecule has 1 aliphatic heterocycles. The highest BCUT2D eigenvalue weighted by atomic mass is 16.5. The fraction of sp³-hybridized carbons (Fsp3) is 0.850. The summed E-state index contributed by atoms with van der Waals surface area (Å²) >= 11 is 0. The van der Waals surface area contributed by atoms with E-state index >= 15 is 0 Å². The first-order chi connectivity index (χ1) is 13.7. The largest absolute Gasteiger partial charge is 0.371 e. The van der Waals surface area contributed by atoms with Crippen LogP contribution in [0.1, 0.15) is 70.7 Å². The zero-order valence-electron chi connectivity index (χ0n) is 17.6. The van der Waals surface area contributed by atoms with E-state index in [9.17, 15) is 0 Å². The molecule has 0 aromatic carbocycles. The molecule has 0 spiro atoms. The minimum absolute atomic E-state index is 0.165. The van der Waals surface area contributed by atoms with Gasteiger partial charge in [-0.3, -0.25) is 0 Å². The van der Waals surface area contributed by atoms with Crippen LogP contribution in [0.15, 0.2) is 9.52 Å². The highest BCUT2D eigenvalue weighted by Crippen LogP contribution is 2.26. The molecule has 0 radical (unpaired) electrons. The van der Waals surface area contributed by atoms with Crippen LogP contribution in [0.2, 0.25) is 0 Å². The van der Waals surface area contributed by atoms with Crippen LogP contribution in [0.25, 0.3) is 0 Å². The van der Waals surface area contributed by atoms with Crippen molar-refractivity contribution in [3.8, 4) is 0 Å². The second-order valence-electron chi connectivity index (χ2n) is 7.88. The summed E-state index contributed by atoms with van der Waals surface area (Å²) in [6.45, 7) is 11.3. The summed E-state index contributed by atoms with van der Waals surface area (Å²) in [5, 5.41) is 10.9. The Balaban J connectivity index is 1.49. The summed E-state index contributed by atoms with van der Waals surface area (Å²) in [7, 11) is 0. The van der Waals surface area contributed by atoms with E-state index in [0.29, 0.717) is 30.9 Å². The predicted octanol–water partition coefficient (Wildman–Crippen LogP) is 2.49. The number of hydrogen-bond acceptors (Lipinski definition) is 6. The molecule has 0 bridgehead atoms. The molecule has 2 unspecified atom stereocenters. The van der Waals surface area contributed by atoms with E-state index in [1.165, 1.54) is 38.8 Å². The smallest absolute Gasteiger partial charge is 0.248 e. The molecule has 1 aromatic rings. The van der Waals surface area contributed by atoms with Crippen molar-refractivity contribution in [2.75, 3.05) is 32.8 Å². The van der Waals surface area contributed by atoms with Crippen LogP contribution in [0.4, 0.5) is 0 Å². The fourth-order valence-electron chi connectivity index (χ4n) is 4.16. The van der Waals surface area contributed by atoms with Gasteiger partial charge < -0.3 is 24.8 Å². The molecule has 2 heterocycles. The molecule has 2 N–H and O–H groups in total. The van der Waals surface area contributed by atoms with Crippen molar-refractivity contribution in [2.45, 2.75) is 71.6 Å². The summed E-state index contributed by atoms with van der Waals surface area (Å²) in [5.41, 5.74) is 0. The number of guanidine groups is 1. The average Bonchev–Trinajstić information content (AvgIpc) is 3.43. The van der Waals surface area contributed by atoms with Crippen LogP contribution < -0.4 is 10.6 Å². The van der Waals surface area contributed by atoms with Crippen LogP contribution in [0, 0.1) is 5.92 Å². The zero-order valence-corrected chi connectivity index (χ0v) is 17.6. The topological polar surface area (TPSA) is 87.8 Å². The Morgan fingerprint density at radius 1 is 1.32 bits per heavy atom. The molecule has 158 valence electrons. The number of hydrogen-bond donors (Lipinski definition) is 2. The van der Waals surface area contributed by atoms with Crippen molar-refractivity contribution < 1.29 is 9.26 Å². The molecule has 8 nitrogen and oxygen atoms in total. The van der Waals surface area contributed by atoms with Gasteiger partial charge >= 0.3 is 0 Å². The lowest BCUT2D eigenvalue weighted by molar-refractivity contribution is 0.0683. The van der Waals surface area contributed by atoms with Crippen molar-refractivity contribution in [3.63, 3.8) is 0 Å². The molecular weight excluding hydrogens is 356 g/mol. The Kier molecular flexibility index (Phi) is 8.09. The van der Waals surface area contributed by atoms with Gasteiger partial charge in [-0.1, -0.05) is 18.0 Å². The second-order valence-corrected chi connectivity index (χ2v) is 7.88. The average molecular weight is 393 g/mol. The van der Waals surface area contributed by atoms with Gasteiger partial charge in [0.15, 0.2) is 11.8 Å². The Morgan fingerprint density at radius 2 is 2.14 bits per heavy atom. The molecule has 1 saturated carbocycles. The number of rotatable bonds is 9. The van der Waals surface area contributed by atoms with Gasteiger partial charge in [-0.2, -0.15) is 4.98 Å². The minimum Gasteiger partial charge on any atom is -0.371 e. The summed E-state index contributed by atoms with van der Waals surface area (Å²) in [5.74, 6) is 2.80. The Morgan fingerprint density at radius 3 is 2.89 bits per heavy atom. The molecular formula is C20H36N6O2. The van der Waals surface area contributed by atoms with Crippen LogP contribution in [-0.2, 0) is 11.3 Å². The van der Waals surface area contributed by atoms with Gasteiger partial charge in [0, 0.05) is 38.8 Å². The predicted molar refractivity (Wildman–Crippen MR) is 109 cm³/mol. The maximum atomic E-state index is 5.50. The van der Waals surface area contributed by atoms with Gasteiger partial charge in [-0.05, 0) is 46.0 Å². The minimum atomic E-state index is -0.165. The highest BCUT2D eigenvalue weighted by molar-refractivity contribution is 5.80. The van der Waals surface area contributed by atoms with Gasteiger partial charge in [-0.25, -0.2) is 4.99 Å². The van der Waals surface area contributed by atoms with Crippen molar-refractivity contribution in [2.24, 2.45) is 10.9 Å². The molecule has 2 atom stereocenters. The number of nitrogens with zero attached hydrogens (tertiary/aromatic N) is 4. The van der Waals surface area contributed by atoms with Crippen molar-refractivity contribution >= 4 is 5.96 Å². The van der Waals surface area contributed by atoms with E-state index in [1.54, 1.807) is 0 Å². The first-order valence-corrected chi connectivity index (χ1v) is 10.9. The number of likely N-dealkylation sites (tertiary alicyclic amines) is 1. The molecule has 28 heavy (non-hydrogen) atoms. The maximum absolute atomic E-state index is 5.50. The molecule has 0 amide bonds. The van der Waals surface area contributed by atoms with Crippen molar-refractivity contribution in [1.82, 2.24) is 25.7 Å². The summed E-state index contributed by atoms with van der Waals surface area (Å²) < 4.78 is 10.8. The van der Waals surface area contributed by atoms with Gasteiger partial charge in [0.2, 0.25) is 5.89 Å². The van der Waals surface area contributed by atoms with Gasteiger partial charge in [0.25, 0.3) is 0 Å². The second kappa shape index (κ2) is 10.8. The third-order valence-corrected chi connectivity index (χ3v) is 5.59. The normalized spacial score (nSPS) is 22.7. The van der Waals surface area contributed by atoms with E-state index < -0.39 is 0 Å². The first kappa shape index (κ1) is 21.0. The monoisotopic (exact) mass is 392 g/mol. The molecule has 3 rings (SSSR count). The summed E-state index contributed by atoms with van der Waals surface area (Å²) in [4.78, 5) is 11.6. The summed E-state index contributed by atoms with van der Waals surface area (Å²) in [6.07, 6.45) is 6.64. The maximum Gasteiger partial charge on any atom is 0.248 e. The third kappa shape index (κ3) is 6.17. The van der Waals surface area contributed by atoms with E-state index in [4.69, 9.17) is 9.26 Å². The molecule has 1 saturated heterocycles. The lowest BCUT2D eigenvalue weighted by atomic mass is 10.1. The molecule has 2 aliphatic rings. The van der Waals surface area contributed by atoms with Gasteiger partial charge in [0.1, 0.15) is 12.6 Å². The number of aliphatic imine (C=N–C) groups is 1. The van der Waals surface area contributed by atoms with Gasteiger partial charge in [0.05, 0.1) is 0 Å². The van der Waals surface area contributed by atoms with Crippen LogP contribution in [0.3, 0.4) is 0 Å². The molecule has 8 heteroatoms. The molecule has 1 aliphatic carbocycles. The van der Waals surface area contributed by atoms with E-state index in [0.717, 1.165) is 31.4 Å². The van der Waals surface area contributed by atoms with E-state index in [-0.39, 0.29) is 6.10 Å². The number of aromatic nitrogens is 2. The van der Waals surface area contributed by atoms with Crippen molar-refractivity contribution in [1.29, 1.82) is 0 Å². The van der Waals surface area contributed by atoms with Crippen molar-refractivity contribution in [3.05, 3.63) is 11.7 Å². The van der Waals surface area contributed by atoms with E-state index in [1.807, 2.05) is 13.8 Å². The lowest BCUT2D eigenvalue weighted by Gasteiger charge is -2.21. The first-order valence-electron chi connectivity index (χ1n) is 10.9. The Hall–Kier alpha value is -1.67. The van der Waals surface area contributed by atoms with Gasteiger partial charge in [-0.15, -0.1) is 0 Å². The van der Waals surface area contributed by atoms with Crippen LogP contribution in [0.5, 0.6) is 0 Å². The highest BCUT2D eigenvalue weighted by Gasteiger charge is 2.26. The standard InChI is InChI=1S/C20H36N6O2/c1-4-21-20(22-12-18-24-19(25-28-18)15(3)27-5-2)23-17-10-11-26(14-17)13-16-8-6-7-9-16/h15-17H,4-14H2,1-3H3,(H2,21,22,23). The quantitative estimate of drug-likeness (QED) is 0.493. The Labute approximate surface area is 168 Å². The van der Waals surface area contributed by atoms with Crippen LogP contribution in [-0.4, -0.2) is 59.8 Å². The lowest BCUT2D eigenvalue weighted by Crippen LogP contribution is -2.44.